The summed E-state index contributed by atoms with van der Waals surface area (Å²) in [6.07, 6.45) is 3.06. The summed E-state index contributed by atoms with van der Waals surface area (Å²) in [6.45, 7) is 2.51. The summed E-state index contributed by atoms with van der Waals surface area (Å²) in [4.78, 5) is 13.7. The van der Waals surface area contributed by atoms with Crippen molar-refractivity contribution in [3.05, 3.63) is 29.3 Å². The molecule has 0 saturated carbocycles. The van der Waals surface area contributed by atoms with E-state index in [2.05, 4.69) is 17.4 Å². The molecule has 0 aromatic heterocycles. The molecule has 2 rings (SSSR count). The molecular formula is C15H22N2O2. The van der Waals surface area contributed by atoms with E-state index in [9.17, 15) is 9.90 Å². The maximum Gasteiger partial charge on any atom is 0.238 e. The van der Waals surface area contributed by atoms with Crippen LogP contribution in [-0.2, 0) is 17.6 Å². The molecular weight excluding hydrogens is 240 g/mol. The van der Waals surface area contributed by atoms with Crippen molar-refractivity contribution in [3.63, 3.8) is 0 Å². The van der Waals surface area contributed by atoms with E-state index in [1.165, 1.54) is 17.5 Å². The van der Waals surface area contributed by atoms with Crippen molar-refractivity contribution in [2.75, 3.05) is 25.5 Å². The van der Waals surface area contributed by atoms with Crippen LogP contribution >= 0.6 is 0 Å². The van der Waals surface area contributed by atoms with Crippen LogP contribution in [0.15, 0.2) is 18.2 Å². The van der Waals surface area contributed by atoms with Crippen LogP contribution in [0.3, 0.4) is 0 Å². The SMILES string of the molecule is CC(O)CN(C)CC(=O)Nc1ccc2c(c1)CCC2. The fourth-order valence-electron chi connectivity index (χ4n) is 2.61. The Hall–Kier alpha value is -1.39. The van der Waals surface area contributed by atoms with Gasteiger partial charge in [0, 0.05) is 12.2 Å². The number of hydrogen-bond acceptors (Lipinski definition) is 3. The first-order valence-corrected chi connectivity index (χ1v) is 6.83. The molecule has 1 unspecified atom stereocenters. The highest BCUT2D eigenvalue weighted by Crippen LogP contribution is 2.24. The van der Waals surface area contributed by atoms with Gasteiger partial charge in [-0.25, -0.2) is 0 Å². The third kappa shape index (κ3) is 4.04. The van der Waals surface area contributed by atoms with E-state index in [0.717, 1.165) is 18.5 Å². The monoisotopic (exact) mass is 262 g/mol. The minimum Gasteiger partial charge on any atom is -0.392 e. The molecule has 2 N–H and O–H groups in total. The molecule has 19 heavy (non-hydrogen) atoms. The van der Waals surface area contributed by atoms with E-state index >= 15 is 0 Å². The topological polar surface area (TPSA) is 52.6 Å². The minimum atomic E-state index is -0.419. The van der Waals surface area contributed by atoms with Crippen molar-refractivity contribution in [1.29, 1.82) is 0 Å². The van der Waals surface area contributed by atoms with Crippen LogP contribution in [0.5, 0.6) is 0 Å². The Morgan fingerprint density at radius 3 is 2.89 bits per heavy atom. The zero-order chi connectivity index (χ0) is 13.8. The lowest BCUT2D eigenvalue weighted by molar-refractivity contribution is -0.117. The third-order valence-corrected chi connectivity index (χ3v) is 3.37. The van der Waals surface area contributed by atoms with Crippen molar-refractivity contribution in [2.45, 2.75) is 32.3 Å². The molecule has 1 aromatic carbocycles. The minimum absolute atomic E-state index is 0.0407. The molecule has 1 aliphatic carbocycles. The number of carbonyl (C=O) groups excluding carboxylic acids is 1. The Morgan fingerprint density at radius 2 is 2.16 bits per heavy atom. The van der Waals surface area contributed by atoms with Crippen molar-refractivity contribution in [3.8, 4) is 0 Å². The van der Waals surface area contributed by atoms with Gasteiger partial charge in [0.1, 0.15) is 0 Å². The molecule has 0 spiro atoms. The van der Waals surface area contributed by atoms with Crippen LogP contribution in [0.1, 0.15) is 24.5 Å². The van der Waals surface area contributed by atoms with Gasteiger partial charge < -0.3 is 10.4 Å². The lowest BCUT2D eigenvalue weighted by Crippen LogP contribution is -2.34. The van der Waals surface area contributed by atoms with Gasteiger partial charge in [-0.05, 0) is 56.5 Å². The second kappa shape index (κ2) is 6.17. The summed E-state index contributed by atoms with van der Waals surface area (Å²) in [7, 11) is 1.83. The van der Waals surface area contributed by atoms with Crippen molar-refractivity contribution < 1.29 is 9.90 Å². The molecule has 1 aromatic rings. The number of rotatable bonds is 5. The van der Waals surface area contributed by atoms with Gasteiger partial charge in [0.25, 0.3) is 0 Å². The summed E-state index contributed by atoms with van der Waals surface area (Å²) >= 11 is 0. The molecule has 0 bridgehead atoms. The second-order valence-electron chi connectivity index (χ2n) is 5.43. The first-order valence-electron chi connectivity index (χ1n) is 6.83. The maximum absolute atomic E-state index is 11.9. The van der Waals surface area contributed by atoms with Crippen LogP contribution < -0.4 is 5.32 Å². The average Bonchev–Trinajstić information content (AvgIpc) is 2.74. The number of amides is 1. The van der Waals surface area contributed by atoms with E-state index in [4.69, 9.17) is 0 Å². The van der Waals surface area contributed by atoms with Crippen molar-refractivity contribution >= 4 is 11.6 Å². The van der Waals surface area contributed by atoms with Gasteiger partial charge in [-0.15, -0.1) is 0 Å². The van der Waals surface area contributed by atoms with Crippen molar-refractivity contribution in [2.24, 2.45) is 0 Å². The summed E-state index contributed by atoms with van der Waals surface area (Å²) in [6, 6.07) is 6.16. The van der Waals surface area contributed by atoms with Gasteiger partial charge in [-0.3, -0.25) is 9.69 Å². The largest absolute Gasteiger partial charge is 0.392 e. The number of aryl methyl sites for hydroxylation is 2. The highest BCUT2D eigenvalue weighted by Gasteiger charge is 2.13. The number of fused-ring (bicyclic) bond motifs is 1. The summed E-state index contributed by atoms with van der Waals surface area (Å²) in [5.41, 5.74) is 3.63. The van der Waals surface area contributed by atoms with Gasteiger partial charge in [0.05, 0.1) is 12.6 Å². The second-order valence-corrected chi connectivity index (χ2v) is 5.43. The number of hydrogen-bond donors (Lipinski definition) is 2. The van der Waals surface area contributed by atoms with Crippen LogP contribution in [0, 0.1) is 0 Å². The Bertz CT molecular complexity index is 457. The van der Waals surface area contributed by atoms with Gasteiger partial charge in [0.2, 0.25) is 5.91 Å². The first-order chi connectivity index (χ1) is 9.04. The first kappa shape index (κ1) is 14.0. The van der Waals surface area contributed by atoms with Gasteiger partial charge in [-0.2, -0.15) is 0 Å². The van der Waals surface area contributed by atoms with E-state index in [1.54, 1.807) is 6.92 Å². The van der Waals surface area contributed by atoms with E-state index < -0.39 is 6.10 Å². The predicted molar refractivity (Wildman–Crippen MR) is 76.3 cm³/mol. The summed E-state index contributed by atoms with van der Waals surface area (Å²) < 4.78 is 0. The van der Waals surface area contributed by atoms with Gasteiger partial charge >= 0.3 is 0 Å². The fraction of sp³-hybridized carbons (Fsp3) is 0.533. The maximum atomic E-state index is 11.9. The molecule has 0 aliphatic heterocycles. The molecule has 0 fully saturated rings. The Morgan fingerprint density at radius 1 is 1.42 bits per heavy atom. The molecule has 1 atom stereocenters. The van der Waals surface area contributed by atoms with Gasteiger partial charge in [0.15, 0.2) is 0 Å². The van der Waals surface area contributed by atoms with Crippen LogP contribution in [-0.4, -0.2) is 42.2 Å². The molecule has 0 radical (unpaired) electrons. The predicted octanol–water partition coefficient (Wildman–Crippen LogP) is 1.43. The molecule has 4 heteroatoms. The number of aliphatic hydroxyl groups is 1. The Labute approximate surface area is 114 Å². The standard InChI is InChI=1S/C15H22N2O2/c1-11(18)9-17(2)10-15(19)16-14-7-6-12-4-3-5-13(12)8-14/h6-8,11,18H,3-5,9-10H2,1-2H3,(H,16,19). The number of anilines is 1. The number of benzene rings is 1. The lowest BCUT2D eigenvalue weighted by Gasteiger charge is -2.17. The normalized spacial score (nSPS) is 15.4. The highest BCUT2D eigenvalue weighted by atomic mass is 16.3. The number of nitrogens with zero attached hydrogens (tertiary/aromatic N) is 1. The number of likely N-dealkylation sites (N-methyl/N-ethyl adjacent to an activating group) is 1. The van der Waals surface area contributed by atoms with Crippen molar-refractivity contribution in [1.82, 2.24) is 4.90 Å². The van der Waals surface area contributed by atoms with E-state index in [1.807, 2.05) is 18.0 Å². The molecule has 4 nitrogen and oxygen atoms in total. The summed E-state index contributed by atoms with van der Waals surface area (Å²) in [5.74, 6) is -0.0407. The molecule has 104 valence electrons. The average molecular weight is 262 g/mol. The van der Waals surface area contributed by atoms with Crippen LogP contribution in [0.2, 0.25) is 0 Å². The molecule has 1 aliphatic rings. The molecule has 0 saturated heterocycles. The van der Waals surface area contributed by atoms with E-state index in [0.29, 0.717) is 13.1 Å². The fourth-order valence-corrected chi connectivity index (χ4v) is 2.61. The Balaban J connectivity index is 1.88. The zero-order valence-electron chi connectivity index (χ0n) is 11.6. The third-order valence-electron chi connectivity index (χ3n) is 3.37. The van der Waals surface area contributed by atoms with Gasteiger partial charge in [-0.1, -0.05) is 6.07 Å². The van der Waals surface area contributed by atoms with Crippen LogP contribution in [0.25, 0.3) is 0 Å². The Kier molecular flexibility index (Phi) is 4.56. The number of nitrogens with one attached hydrogen (secondary N) is 1. The zero-order valence-corrected chi connectivity index (χ0v) is 11.6. The quantitative estimate of drug-likeness (QED) is 0.844. The number of carbonyl (C=O) groups is 1. The molecule has 1 amide bonds. The highest BCUT2D eigenvalue weighted by molar-refractivity contribution is 5.92. The lowest BCUT2D eigenvalue weighted by atomic mass is 10.1. The van der Waals surface area contributed by atoms with E-state index in [-0.39, 0.29) is 5.91 Å². The molecule has 0 heterocycles. The summed E-state index contributed by atoms with van der Waals surface area (Å²) in [5, 5.41) is 12.2. The number of aliphatic hydroxyl groups excluding tert-OH is 1. The smallest absolute Gasteiger partial charge is 0.238 e. The van der Waals surface area contributed by atoms with Crippen LogP contribution in [0.4, 0.5) is 5.69 Å².